The number of aliphatic hydroxyl groups is 1. The molecule has 6 heteroatoms. The molecule has 1 N–H and O–H groups in total. The summed E-state index contributed by atoms with van der Waals surface area (Å²) in [6.45, 7) is 3.65. The molecule has 0 radical (unpaired) electrons. The lowest BCUT2D eigenvalue weighted by molar-refractivity contribution is 0.0480. The second kappa shape index (κ2) is 9.42. The van der Waals surface area contributed by atoms with Crippen molar-refractivity contribution in [2.45, 2.75) is 38.2 Å². The van der Waals surface area contributed by atoms with E-state index in [0.29, 0.717) is 42.6 Å². The summed E-state index contributed by atoms with van der Waals surface area (Å²) in [5, 5.41) is 10.4. The van der Waals surface area contributed by atoms with Crippen molar-refractivity contribution in [2.24, 2.45) is 5.92 Å². The first-order chi connectivity index (χ1) is 13.1. The topological polar surface area (TPSA) is 62.2 Å². The van der Waals surface area contributed by atoms with Crippen LogP contribution in [0.2, 0.25) is 0 Å². The van der Waals surface area contributed by atoms with Gasteiger partial charge in [-0.1, -0.05) is 25.7 Å². The van der Waals surface area contributed by atoms with Crippen LogP contribution in [-0.4, -0.2) is 73.9 Å². The van der Waals surface area contributed by atoms with Crippen LogP contribution in [0.3, 0.4) is 0 Å². The molecule has 150 valence electrons. The van der Waals surface area contributed by atoms with Crippen LogP contribution in [0.5, 0.6) is 11.5 Å². The molecule has 1 aliphatic heterocycles. The Bertz CT molecular complexity index is 623. The lowest BCUT2D eigenvalue weighted by Gasteiger charge is -2.36. The minimum absolute atomic E-state index is 0.0133. The number of amides is 1. The summed E-state index contributed by atoms with van der Waals surface area (Å²) < 4.78 is 10.6. The molecule has 6 nitrogen and oxygen atoms in total. The van der Waals surface area contributed by atoms with Crippen molar-refractivity contribution in [1.29, 1.82) is 0 Å². The number of piperazine rings is 1. The van der Waals surface area contributed by atoms with E-state index in [4.69, 9.17) is 9.47 Å². The second-order valence-electron chi connectivity index (χ2n) is 7.70. The summed E-state index contributed by atoms with van der Waals surface area (Å²) in [7, 11) is 3.16. The number of nitrogens with zero attached hydrogens (tertiary/aromatic N) is 2. The fourth-order valence-corrected chi connectivity index (χ4v) is 4.28. The first-order valence-electron chi connectivity index (χ1n) is 10.0. The highest BCUT2D eigenvalue weighted by atomic mass is 16.5. The molecule has 1 atom stereocenters. The average Bonchev–Trinajstić information content (AvgIpc) is 3.20. The van der Waals surface area contributed by atoms with Crippen molar-refractivity contribution >= 4 is 5.91 Å². The maximum absolute atomic E-state index is 12.9. The number of carbonyl (C=O) groups is 1. The first-order valence-corrected chi connectivity index (χ1v) is 10.0. The van der Waals surface area contributed by atoms with Crippen molar-refractivity contribution in [3.05, 3.63) is 23.8 Å². The van der Waals surface area contributed by atoms with Gasteiger partial charge in [-0.3, -0.25) is 9.69 Å². The van der Waals surface area contributed by atoms with Gasteiger partial charge >= 0.3 is 0 Å². The molecule has 1 amide bonds. The Morgan fingerprint density at radius 2 is 1.85 bits per heavy atom. The van der Waals surface area contributed by atoms with Gasteiger partial charge < -0.3 is 19.5 Å². The molecule has 3 rings (SSSR count). The summed E-state index contributed by atoms with van der Waals surface area (Å²) in [5.41, 5.74) is 0.563. The number of β-amino-alcohol motifs (C(OH)–C–C–N with tert-alkyl or cyclic N) is 1. The molecule has 1 aromatic rings. The smallest absolute Gasteiger partial charge is 0.257 e. The molecular formula is C21H32N2O4. The monoisotopic (exact) mass is 376 g/mol. The van der Waals surface area contributed by atoms with Gasteiger partial charge in [0.1, 0.15) is 11.5 Å². The Morgan fingerprint density at radius 3 is 2.48 bits per heavy atom. The fraction of sp³-hybridized carbons (Fsp3) is 0.667. The van der Waals surface area contributed by atoms with Gasteiger partial charge in [-0.25, -0.2) is 0 Å². The van der Waals surface area contributed by atoms with E-state index < -0.39 is 0 Å². The third-order valence-electron chi connectivity index (χ3n) is 5.85. The van der Waals surface area contributed by atoms with E-state index in [1.165, 1.54) is 25.7 Å². The highest BCUT2D eigenvalue weighted by Gasteiger charge is 2.26. The lowest BCUT2D eigenvalue weighted by atomic mass is 9.99. The third kappa shape index (κ3) is 5.14. The number of hydrogen-bond donors (Lipinski definition) is 1. The molecule has 0 unspecified atom stereocenters. The van der Waals surface area contributed by atoms with Crippen LogP contribution in [0.25, 0.3) is 0 Å². The normalized spacial score (nSPS) is 19.9. The van der Waals surface area contributed by atoms with Gasteiger partial charge in [-0.15, -0.1) is 0 Å². The molecule has 2 aliphatic rings. The third-order valence-corrected chi connectivity index (χ3v) is 5.85. The van der Waals surface area contributed by atoms with Crippen LogP contribution in [0.1, 0.15) is 42.5 Å². The summed E-state index contributed by atoms with van der Waals surface area (Å²) >= 11 is 0. The average molecular weight is 376 g/mol. The van der Waals surface area contributed by atoms with Crippen LogP contribution in [0.4, 0.5) is 0 Å². The number of rotatable bonds is 7. The predicted molar refractivity (Wildman–Crippen MR) is 104 cm³/mol. The Kier molecular flexibility index (Phi) is 6.96. The zero-order valence-corrected chi connectivity index (χ0v) is 16.5. The maximum Gasteiger partial charge on any atom is 0.257 e. The zero-order chi connectivity index (χ0) is 19.2. The first kappa shape index (κ1) is 20.0. The molecule has 0 aromatic heterocycles. The zero-order valence-electron chi connectivity index (χ0n) is 16.5. The molecule has 1 aromatic carbocycles. The molecule has 0 bridgehead atoms. The van der Waals surface area contributed by atoms with Gasteiger partial charge in [0.15, 0.2) is 0 Å². The summed E-state index contributed by atoms with van der Waals surface area (Å²) in [5.74, 6) is 1.89. The Balaban J connectivity index is 1.50. The van der Waals surface area contributed by atoms with Crippen molar-refractivity contribution in [1.82, 2.24) is 9.80 Å². The molecular weight excluding hydrogens is 344 g/mol. The summed E-state index contributed by atoms with van der Waals surface area (Å²) in [6, 6.07) is 5.28. The van der Waals surface area contributed by atoms with Crippen LogP contribution in [0, 0.1) is 5.92 Å². The van der Waals surface area contributed by atoms with Gasteiger partial charge in [0.2, 0.25) is 0 Å². The van der Waals surface area contributed by atoms with Gasteiger partial charge in [0, 0.05) is 38.8 Å². The number of hydrogen-bond acceptors (Lipinski definition) is 5. The van der Waals surface area contributed by atoms with E-state index in [1.807, 2.05) is 4.90 Å². The van der Waals surface area contributed by atoms with Crippen molar-refractivity contribution < 1.29 is 19.4 Å². The minimum Gasteiger partial charge on any atom is -0.497 e. The summed E-state index contributed by atoms with van der Waals surface area (Å²) in [6.07, 6.45) is 5.82. The van der Waals surface area contributed by atoms with E-state index in [0.717, 1.165) is 19.5 Å². The molecule has 0 spiro atoms. The Labute approximate surface area is 162 Å². The molecule has 1 saturated heterocycles. The summed E-state index contributed by atoms with van der Waals surface area (Å²) in [4.78, 5) is 17.0. The highest BCUT2D eigenvalue weighted by molar-refractivity contribution is 5.97. The van der Waals surface area contributed by atoms with Crippen LogP contribution >= 0.6 is 0 Å². The van der Waals surface area contributed by atoms with Gasteiger partial charge in [-0.05, 0) is 24.5 Å². The van der Waals surface area contributed by atoms with E-state index in [-0.39, 0.29) is 12.0 Å². The van der Waals surface area contributed by atoms with Crippen molar-refractivity contribution in [2.75, 3.05) is 46.9 Å². The Morgan fingerprint density at radius 1 is 1.15 bits per heavy atom. The molecule has 1 heterocycles. The number of carbonyl (C=O) groups excluding carboxylic acids is 1. The predicted octanol–water partition coefficient (Wildman–Crippen LogP) is 2.40. The number of benzene rings is 1. The maximum atomic E-state index is 12.9. The molecule has 1 aliphatic carbocycles. The fourth-order valence-electron chi connectivity index (χ4n) is 4.28. The SMILES string of the molecule is COc1ccc(C(=O)N2CCN(C[C@H](O)CC3CCCC3)CC2)c(OC)c1. The largest absolute Gasteiger partial charge is 0.497 e. The van der Waals surface area contributed by atoms with E-state index in [1.54, 1.807) is 32.4 Å². The molecule has 2 fully saturated rings. The number of ether oxygens (including phenoxy) is 2. The van der Waals surface area contributed by atoms with Crippen molar-refractivity contribution in [3.8, 4) is 11.5 Å². The van der Waals surface area contributed by atoms with Crippen molar-refractivity contribution in [3.63, 3.8) is 0 Å². The highest BCUT2D eigenvalue weighted by Crippen LogP contribution is 2.29. The van der Waals surface area contributed by atoms with Gasteiger partial charge in [0.25, 0.3) is 5.91 Å². The van der Waals surface area contributed by atoms with E-state index in [9.17, 15) is 9.90 Å². The quantitative estimate of drug-likeness (QED) is 0.792. The van der Waals surface area contributed by atoms with Gasteiger partial charge in [0.05, 0.1) is 25.9 Å². The van der Waals surface area contributed by atoms with E-state index in [2.05, 4.69) is 4.90 Å². The van der Waals surface area contributed by atoms with E-state index >= 15 is 0 Å². The minimum atomic E-state index is -0.253. The lowest BCUT2D eigenvalue weighted by Crippen LogP contribution is -2.50. The second-order valence-corrected chi connectivity index (χ2v) is 7.70. The number of aliphatic hydroxyl groups excluding tert-OH is 1. The molecule has 27 heavy (non-hydrogen) atoms. The van der Waals surface area contributed by atoms with Crippen LogP contribution in [0.15, 0.2) is 18.2 Å². The number of methoxy groups -OCH3 is 2. The van der Waals surface area contributed by atoms with Gasteiger partial charge in [-0.2, -0.15) is 0 Å². The van der Waals surface area contributed by atoms with Crippen LogP contribution in [-0.2, 0) is 0 Å². The Hall–Kier alpha value is -1.79. The molecule has 1 saturated carbocycles. The standard InChI is InChI=1S/C21H32N2O4/c1-26-18-7-8-19(20(14-18)27-2)21(25)23-11-9-22(10-12-23)15-17(24)13-16-5-3-4-6-16/h7-8,14,16-17,24H,3-6,9-13,15H2,1-2H3/t17-/m1/s1. The van der Waals surface area contributed by atoms with Crippen LogP contribution < -0.4 is 9.47 Å².